The number of nitrogens with two attached hydrogens (primary N) is 1. The summed E-state index contributed by atoms with van der Waals surface area (Å²) in [6.45, 7) is 1.61. The summed E-state index contributed by atoms with van der Waals surface area (Å²) in [4.78, 5) is 0.0536. The van der Waals surface area contributed by atoms with E-state index in [-0.39, 0.29) is 15.6 Å². The number of nitrogens with one attached hydrogen (secondary N) is 1. The van der Waals surface area contributed by atoms with E-state index in [4.69, 9.17) is 17.3 Å². The summed E-state index contributed by atoms with van der Waals surface area (Å²) in [5, 5.41) is -0.0184. The number of anilines is 2. The van der Waals surface area contributed by atoms with Gasteiger partial charge in [-0.3, -0.25) is 4.72 Å². The lowest BCUT2D eigenvalue weighted by Crippen LogP contribution is -2.15. The minimum Gasteiger partial charge on any atom is -0.398 e. The number of benzene rings is 2. The van der Waals surface area contributed by atoms with Crippen LogP contribution >= 0.6 is 11.6 Å². The van der Waals surface area contributed by atoms with Gasteiger partial charge in [-0.05, 0) is 42.8 Å². The lowest BCUT2D eigenvalue weighted by molar-refractivity contribution is 0.600. The molecule has 0 radical (unpaired) electrons. The maximum Gasteiger partial charge on any atom is 0.262 e. The van der Waals surface area contributed by atoms with Gasteiger partial charge in [0, 0.05) is 5.69 Å². The van der Waals surface area contributed by atoms with Gasteiger partial charge in [0.15, 0.2) is 0 Å². The zero-order chi connectivity index (χ0) is 14.9. The van der Waals surface area contributed by atoms with Crippen molar-refractivity contribution in [3.05, 3.63) is 52.8 Å². The summed E-state index contributed by atoms with van der Waals surface area (Å²) in [6.07, 6.45) is 0. The van der Waals surface area contributed by atoms with Crippen LogP contribution in [0.4, 0.5) is 15.8 Å². The summed E-state index contributed by atoms with van der Waals surface area (Å²) < 4.78 is 39.8. The van der Waals surface area contributed by atoms with E-state index in [9.17, 15) is 12.8 Å². The molecule has 0 aromatic heterocycles. The Labute approximate surface area is 121 Å². The molecule has 2 aromatic rings. The summed E-state index contributed by atoms with van der Waals surface area (Å²) in [7, 11) is -3.84. The van der Waals surface area contributed by atoms with E-state index in [1.54, 1.807) is 19.1 Å². The monoisotopic (exact) mass is 314 g/mol. The minimum atomic E-state index is -3.84. The van der Waals surface area contributed by atoms with Gasteiger partial charge in [-0.1, -0.05) is 17.7 Å². The van der Waals surface area contributed by atoms with Crippen molar-refractivity contribution < 1.29 is 12.8 Å². The molecule has 0 unspecified atom stereocenters. The third-order valence-corrected chi connectivity index (χ3v) is 4.61. The highest BCUT2D eigenvalue weighted by atomic mass is 35.5. The van der Waals surface area contributed by atoms with Crippen LogP contribution in [0.3, 0.4) is 0 Å². The molecule has 0 saturated heterocycles. The molecule has 0 aliphatic rings. The third kappa shape index (κ3) is 2.86. The van der Waals surface area contributed by atoms with Gasteiger partial charge in [0.2, 0.25) is 0 Å². The van der Waals surface area contributed by atoms with Crippen LogP contribution in [0.1, 0.15) is 5.56 Å². The van der Waals surface area contributed by atoms with E-state index in [2.05, 4.69) is 4.72 Å². The summed E-state index contributed by atoms with van der Waals surface area (Å²) in [6, 6.07) is 8.01. The zero-order valence-electron chi connectivity index (χ0n) is 10.5. The first-order chi connectivity index (χ1) is 9.31. The quantitative estimate of drug-likeness (QED) is 0.855. The van der Waals surface area contributed by atoms with Crippen LogP contribution in [0.5, 0.6) is 0 Å². The van der Waals surface area contributed by atoms with Gasteiger partial charge in [0.25, 0.3) is 10.0 Å². The first-order valence-electron chi connectivity index (χ1n) is 5.64. The summed E-state index contributed by atoms with van der Waals surface area (Å²) >= 11 is 5.80. The Morgan fingerprint density at radius 2 is 1.95 bits per heavy atom. The first kappa shape index (κ1) is 14.6. The molecule has 0 spiro atoms. The van der Waals surface area contributed by atoms with Crippen molar-refractivity contribution in [1.29, 1.82) is 0 Å². The van der Waals surface area contributed by atoms with E-state index >= 15 is 0 Å². The lowest BCUT2D eigenvalue weighted by Gasteiger charge is -2.12. The molecule has 0 heterocycles. The molecule has 2 rings (SSSR count). The maximum absolute atomic E-state index is 12.9. The van der Waals surface area contributed by atoms with E-state index in [0.29, 0.717) is 11.3 Å². The fourth-order valence-corrected chi connectivity index (χ4v) is 3.32. The molecule has 106 valence electrons. The Bertz CT molecular complexity index is 763. The largest absolute Gasteiger partial charge is 0.398 e. The second kappa shape index (κ2) is 5.30. The summed E-state index contributed by atoms with van der Waals surface area (Å²) in [5.41, 5.74) is 6.62. The van der Waals surface area contributed by atoms with Gasteiger partial charge in [-0.2, -0.15) is 0 Å². The highest BCUT2D eigenvalue weighted by Gasteiger charge is 2.19. The molecule has 4 nitrogen and oxygen atoms in total. The molecule has 0 fully saturated rings. The highest BCUT2D eigenvalue weighted by Crippen LogP contribution is 2.27. The van der Waals surface area contributed by atoms with Crippen molar-refractivity contribution in [2.45, 2.75) is 11.8 Å². The Hall–Kier alpha value is -1.79. The molecule has 0 amide bonds. The topological polar surface area (TPSA) is 72.2 Å². The number of hydrogen-bond donors (Lipinski definition) is 2. The smallest absolute Gasteiger partial charge is 0.262 e. The van der Waals surface area contributed by atoms with Crippen LogP contribution in [-0.4, -0.2) is 8.42 Å². The molecular weight excluding hydrogens is 303 g/mol. The Morgan fingerprint density at radius 1 is 1.25 bits per heavy atom. The Kier molecular flexibility index (Phi) is 3.87. The number of rotatable bonds is 3. The second-order valence-electron chi connectivity index (χ2n) is 4.20. The molecule has 0 saturated carbocycles. The van der Waals surface area contributed by atoms with Crippen molar-refractivity contribution in [1.82, 2.24) is 0 Å². The molecular formula is C13H12ClFN2O2S. The Balaban J connectivity index is 2.44. The van der Waals surface area contributed by atoms with Gasteiger partial charge in [0.05, 0.1) is 15.6 Å². The SMILES string of the molecule is Cc1c(N)cccc1S(=O)(=O)Nc1ccc(F)cc1Cl. The minimum absolute atomic E-state index is 0.0184. The molecule has 0 aliphatic carbocycles. The van der Waals surface area contributed by atoms with Gasteiger partial charge in [-0.15, -0.1) is 0 Å². The van der Waals surface area contributed by atoms with Gasteiger partial charge in [0.1, 0.15) is 5.82 Å². The summed E-state index contributed by atoms with van der Waals surface area (Å²) in [5.74, 6) is -0.543. The zero-order valence-corrected chi connectivity index (χ0v) is 12.1. The van der Waals surface area contributed by atoms with Crippen molar-refractivity contribution in [3.63, 3.8) is 0 Å². The van der Waals surface area contributed by atoms with Gasteiger partial charge >= 0.3 is 0 Å². The van der Waals surface area contributed by atoms with E-state index < -0.39 is 15.8 Å². The first-order valence-corrected chi connectivity index (χ1v) is 7.50. The van der Waals surface area contributed by atoms with Crippen LogP contribution in [-0.2, 0) is 10.0 Å². The van der Waals surface area contributed by atoms with Crippen molar-refractivity contribution in [3.8, 4) is 0 Å². The van der Waals surface area contributed by atoms with Crippen LogP contribution in [0, 0.1) is 12.7 Å². The van der Waals surface area contributed by atoms with Crippen molar-refractivity contribution in [2.75, 3.05) is 10.5 Å². The fraction of sp³-hybridized carbons (Fsp3) is 0.0769. The van der Waals surface area contributed by atoms with Crippen molar-refractivity contribution >= 4 is 33.0 Å². The predicted molar refractivity (Wildman–Crippen MR) is 77.8 cm³/mol. The maximum atomic E-state index is 12.9. The van der Waals surface area contributed by atoms with Crippen molar-refractivity contribution in [2.24, 2.45) is 0 Å². The standard InChI is InChI=1S/C13H12ClFN2O2S/c1-8-11(16)3-2-4-13(8)20(18,19)17-12-6-5-9(15)7-10(12)14/h2-7,17H,16H2,1H3. The van der Waals surface area contributed by atoms with Crippen LogP contribution < -0.4 is 10.5 Å². The average Bonchev–Trinajstić information content (AvgIpc) is 2.36. The normalized spacial score (nSPS) is 11.3. The molecule has 0 aliphatic heterocycles. The van der Waals surface area contributed by atoms with Crippen LogP contribution in [0.15, 0.2) is 41.3 Å². The molecule has 20 heavy (non-hydrogen) atoms. The van der Waals surface area contributed by atoms with Crippen LogP contribution in [0.25, 0.3) is 0 Å². The molecule has 7 heteroatoms. The Morgan fingerprint density at radius 3 is 2.60 bits per heavy atom. The number of nitrogen functional groups attached to an aromatic ring is 1. The highest BCUT2D eigenvalue weighted by molar-refractivity contribution is 7.92. The lowest BCUT2D eigenvalue weighted by atomic mass is 10.2. The molecule has 0 atom stereocenters. The average molecular weight is 315 g/mol. The fourth-order valence-electron chi connectivity index (χ4n) is 1.69. The molecule has 3 N–H and O–H groups in total. The van der Waals surface area contributed by atoms with E-state index in [0.717, 1.165) is 12.1 Å². The number of halogens is 2. The number of hydrogen-bond acceptors (Lipinski definition) is 3. The van der Waals surface area contributed by atoms with Gasteiger partial charge < -0.3 is 5.73 Å². The van der Waals surface area contributed by atoms with E-state index in [1.165, 1.54) is 12.1 Å². The number of sulfonamides is 1. The van der Waals surface area contributed by atoms with E-state index in [1.807, 2.05) is 0 Å². The third-order valence-electron chi connectivity index (χ3n) is 2.79. The molecule has 2 aromatic carbocycles. The van der Waals surface area contributed by atoms with Crippen LogP contribution in [0.2, 0.25) is 5.02 Å². The second-order valence-corrected chi connectivity index (χ2v) is 6.26. The van der Waals surface area contributed by atoms with Gasteiger partial charge in [-0.25, -0.2) is 12.8 Å². The predicted octanol–water partition coefficient (Wildman–Crippen LogP) is 3.17. The molecule has 0 bridgehead atoms.